The molecule has 3 aromatic rings. The van der Waals surface area contributed by atoms with Crippen LogP contribution < -0.4 is 4.74 Å². The zero-order valence-electron chi connectivity index (χ0n) is 12.6. The van der Waals surface area contributed by atoms with Gasteiger partial charge in [0.25, 0.3) is 5.69 Å². The Hall–Kier alpha value is -3.06. The molecule has 1 heterocycles. The van der Waals surface area contributed by atoms with E-state index in [2.05, 4.69) is 4.37 Å². The van der Waals surface area contributed by atoms with Crippen molar-refractivity contribution in [3.05, 3.63) is 75.2 Å². The molecule has 120 valence electrons. The highest BCUT2D eigenvalue weighted by Gasteiger charge is 2.14. The summed E-state index contributed by atoms with van der Waals surface area (Å²) in [7, 11) is 1.57. The maximum atomic E-state index is 12.5. The van der Waals surface area contributed by atoms with Gasteiger partial charge in [-0.1, -0.05) is 0 Å². The number of carbonyl (C=O) groups excluding carboxylic acids is 1. The lowest BCUT2D eigenvalue weighted by molar-refractivity contribution is -0.384. The number of hydrogen-bond donors (Lipinski definition) is 0. The molecule has 0 bridgehead atoms. The summed E-state index contributed by atoms with van der Waals surface area (Å²) in [5.74, 6) is 0.561. The second kappa shape index (κ2) is 6.59. The molecule has 0 aliphatic rings. The minimum atomic E-state index is -0.455. The zero-order chi connectivity index (χ0) is 17.1. The average Bonchev–Trinajstić information content (AvgIpc) is 3.11. The third-order valence-corrected chi connectivity index (χ3v) is 4.25. The van der Waals surface area contributed by atoms with Gasteiger partial charge in [-0.25, -0.2) is 0 Å². The van der Waals surface area contributed by atoms with E-state index >= 15 is 0 Å². The van der Waals surface area contributed by atoms with E-state index in [0.29, 0.717) is 21.9 Å². The molecule has 0 aliphatic carbocycles. The number of benzene rings is 2. The second-order valence-electron chi connectivity index (χ2n) is 4.94. The molecule has 0 N–H and O–H groups in total. The van der Waals surface area contributed by atoms with E-state index in [1.807, 2.05) is 0 Å². The maximum absolute atomic E-state index is 12.5. The van der Waals surface area contributed by atoms with Crippen LogP contribution in [0.3, 0.4) is 0 Å². The molecule has 24 heavy (non-hydrogen) atoms. The predicted molar refractivity (Wildman–Crippen MR) is 90.6 cm³/mol. The quantitative estimate of drug-likeness (QED) is 0.399. The normalized spacial score (nSPS) is 10.4. The highest BCUT2D eigenvalue weighted by Crippen LogP contribution is 2.26. The summed E-state index contributed by atoms with van der Waals surface area (Å²) >= 11 is 1.10. The lowest BCUT2D eigenvalue weighted by Gasteiger charge is -2.00. The Labute approximate surface area is 141 Å². The number of methoxy groups -OCH3 is 1. The molecule has 0 saturated heterocycles. The van der Waals surface area contributed by atoms with Gasteiger partial charge in [-0.05, 0) is 54.0 Å². The Morgan fingerprint density at radius 1 is 1.12 bits per heavy atom. The van der Waals surface area contributed by atoms with Gasteiger partial charge in [-0.15, -0.1) is 0 Å². The van der Waals surface area contributed by atoms with Crippen molar-refractivity contribution in [2.75, 3.05) is 7.11 Å². The van der Waals surface area contributed by atoms with Crippen LogP contribution in [0, 0.1) is 10.1 Å². The van der Waals surface area contributed by atoms with Crippen molar-refractivity contribution < 1.29 is 14.5 Å². The van der Waals surface area contributed by atoms with Gasteiger partial charge in [-0.2, -0.15) is 4.37 Å². The summed E-state index contributed by atoms with van der Waals surface area (Å²) in [5, 5.41) is 10.7. The van der Waals surface area contributed by atoms with Gasteiger partial charge >= 0.3 is 0 Å². The minimum Gasteiger partial charge on any atom is -0.497 e. The summed E-state index contributed by atoms with van der Waals surface area (Å²) in [6, 6.07) is 14.6. The van der Waals surface area contributed by atoms with Crippen LogP contribution in [0.4, 0.5) is 5.69 Å². The number of hydrogen-bond acceptors (Lipinski definition) is 6. The lowest BCUT2D eigenvalue weighted by Crippen LogP contribution is -1.98. The summed E-state index contributed by atoms with van der Waals surface area (Å²) in [6.07, 6.45) is 0. The largest absolute Gasteiger partial charge is 0.497 e. The van der Waals surface area contributed by atoms with Crippen LogP contribution >= 0.6 is 11.5 Å². The molecular weight excluding hydrogens is 328 g/mol. The van der Waals surface area contributed by atoms with Gasteiger partial charge in [0.1, 0.15) is 5.75 Å². The second-order valence-corrected chi connectivity index (χ2v) is 5.74. The number of aromatic nitrogens is 1. The fourth-order valence-corrected chi connectivity index (χ4v) is 2.88. The standard InChI is InChI=1S/C17H12N2O4S/c1-23-14-8-4-12(5-9-14)17(20)16-10-15(18-24-16)11-2-6-13(7-3-11)19(21)22/h2-10H,1H3. The molecule has 6 nitrogen and oxygen atoms in total. The van der Waals surface area contributed by atoms with Crippen molar-refractivity contribution >= 4 is 23.0 Å². The Balaban J connectivity index is 1.83. The minimum absolute atomic E-state index is 0.0171. The highest BCUT2D eigenvalue weighted by atomic mass is 32.1. The monoisotopic (exact) mass is 340 g/mol. The van der Waals surface area contributed by atoms with Crippen LogP contribution in [-0.2, 0) is 0 Å². The molecule has 0 atom stereocenters. The zero-order valence-corrected chi connectivity index (χ0v) is 13.4. The highest BCUT2D eigenvalue weighted by molar-refractivity contribution is 7.08. The first-order valence-electron chi connectivity index (χ1n) is 6.99. The van der Waals surface area contributed by atoms with Gasteiger partial charge in [0.15, 0.2) is 0 Å². The molecule has 3 rings (SSSR count). The number of non-ortho nitro benzene ring substituents is 1. The van der Waals surface area contributed by atoms with Crippen molar-refractivity contribution in [3.63, 3.8) is 0 Å². The van der Waals surface area contributed by atoms with Crippen LogP contribution in [0.25, 0.3) is 11.3 Å². The number of nitrogens with zero attached hydrogens (tertiary/aromatic N) is 2. The Kier molecular flexibility index (Phi) is 4.35. The van der Waals surface area contributed by atoms with Crippen LogP contribution in [0.1, 0.15) is 15.2 Å². The van der Waals surface area contributed by atoms with Crippen LogP contribution in [-0.4, -0.2) is 22.2 Å². The van der Waals surface area contributed by atoms with Crippen molar-refractivity contribution in [2.24, 2.45) is 0 Å². The van der Waals surface area contributed by atoms with Gasteiger partial charge in [0, 0.05) is 23.3 Å². The van der Waals surface area contributed by atoms with E-state index in [1.54, 1.807) is 49.6 Å². The SMILES string of the molecule is COc1ccc(C(=O)c2cc(-c3ccc([N+](=O)[O-])cc3)ns2)cc1. The third-order valence-electron chi connectivity index (χ3n) is 3.46. The number of carbonyl (C=O) groups is 1. The average molecular weight is 340 g/mol. The van der Waals surface area contributed by atoms with Gasteiger partial charge in [0.05, 0.1) is 22.6 Å². The fraction of sp³-hybridized carbons (Fsp3) is 0.0588. The number of nitro benzene ring substituents is 1. The Morgan fingerprint density at radius 3 is 2.38 bits per heavy atom. The van der Waals surface area contributed by atoms with Crippen molar-refractivity contribution in [1.82, 2.24) is 4.37 Å². The van der Waals surface area contributed by atoms with E-state index < -0.39 is 4.92 Å². The smallest absolute Gasteiger partial charge is 0.269 e. The molecule has 0 spiro atoms. The van der Waals surface area contributed by atoms with Gasteiger partial charge in [0.2, 0.25) is 5.78 Å². The van der Waals surface area contributed by atoms with Gasteiger partial charge in [-0.3, -0.25) is 14.9 Å². The fourth-order valence-electron chi connectivity index (χ4n) is 2.16. The van der Waals surface area contributed by atoms with E-state index in [0.717, 1.165) is 17.1 Å². The molecule has 7 heteroatoms. The molecule has 0 aliphatic heterocycles. The van der Waals surface area contributed by atoms with E-state index in [4.69, 9.17) is 4.74 Å². The van der Waals surface area contributed by atoms with Crippen molar-refractivity contribution in [1.29, 1.82) is 0 Å². The van der Waals surface area contributed by atoms with Crippen molar-refractivity contribution in [3.8, 4) is 17.0 Å². The number of rotatable bonds is 5. The summed E-state index contributed by atoms with van der Waals surface area (Å²) in [6.45, 7) is 0. The molecule has 0 fully saturated rings. The molecular formula is C17H12N2O4S. The third kappa shape index (κ3) is 3.16. The number of ether oxygens (including phenoxy) is 1. The molecule has 0 saturated carbocycles. The first-order chi connectivity index (χ1) is 11.6. The van der Waals surface area contributed by atoms with E-state index in [9.17, 15) is 14.9 Å². The van der Waals surface area contributed by atoms with Crippen LogP contribution in [0.5, 0.6) is 5.75 Å². The first kappa shape index (κ1) is 15.8. The van der Waals surface area contributed by atoms with Crippen molar-refractivity contribution in [2.45, 2.75) is 0 Å². The number of nitro groups is 1. The summed E-state index contributed by atoms with van der Waals surface area (Å²) in [4.78, 5) is 23.2. The van der Waals surface area contributed by atoms with E-state index in [-0.39, 0.29) is 11.5 Å². The summed E-state index contributed by atoms with van der Waals surface area (Å²) in [5.41, 5.74) is 1.91. The van der Waals surface area contributed by atoms with Gasteiger partial charge < -0.3 is 4.74 Å². The molecule has 2 aromatic carbocycles. The number of ketones is 1. The predicted octanol–water partition coefficient (Wildman–Crippen LogP) is 3.96. The lowest BCUT2D eigenvalue weighted by atomic mass is 10.1. The van der Waals surface area contributed by atoms with Crippen LogP contribution in [0.15, 0.2) is 54.6 Å². The topological polar surface area (TPSA) is 82.3 Å². The van der Waals surface area contributed by atoms with E-state index in [1.165, 1.54) is 12.1 Å². The molecule has 1 aromatic heterocycles. The first-order valence-corrected chi connectivity index (χ1v) is 7.76. The molecule has 0 amide bonds. The molecule has 0 radical (unpaired) electrons. The molecule has 0 unspecified atom stereocenters. The maximum Gasteiger partial charge on any atom is 0.269 e. The summed E-state index contributed by atoms with van der Waals surface area (Å²) < 4.78 is 9.34. The van der Waals surface area contributed by atoms with Crippen LogP contribution in [0.2, 0.25) is 0 Å². The Bertz CT molecular complexity index is 886. The Morgan fingerprint density at radius 2 is 1.79 bits per heavy atom.